The summed E-state index contributed by atoms with van der Waals surface area (Å²) in [6, 6.07) is 15.5. The van der Waals surface area contributed by atoms with Crippen LogP contribution < -0.4 is 5.43 Å². The van der Waals surface area contributed by atoms with E-state index in [1.54, 1.807) is 18.4 Å². The second kappa shape index (κ2) is 7.20. The van der Waals surface area contributed by atoms with Gasteiger partial charge in [0.25, 0.3) is 5.91 Å². The molecule has 0 spiro atoms. The van der Waals surface area contributed by atoms with Crippen molar-refractivity contribution in [2.45, 2.75) is 13.8 Å². The highest BCUT2D eigenvalue weighted by molar-refractivity contribution is 5.95. The number of nitrogens with one attached hydrogen (secondary N) is 1. The summed E-state index contributed by atoms with van der Waals surface area (Å²) >= 11 is 0. The van der Waals surface area contributed by atoms with E-state index in [-0.39, 0.29) is 5.91 Å². The largest absolute Gasteiger partial charge is 0.271 e. The zero-order valence-electron chi connectivity index (χ0n) is 12.2. The summed E-state index contributed by atoms with van der Waals surface area (Å²) in [5.41, 5.74) is 6.47. The number of allylic oxidation sites excluding steroid dienone is 1. The third-order valence-corrected chi connectivity index (χ3v) is 3.18. The van der Waals surface area contributed by atoms with Crippen LogP contribution in [0, 0.1) is 13.8 Å². The summed E-state index contributed by atoms with van der Waals surface area (Å²) < 4.78 is 0. The highest BCUT2D eigenvalue weighted by atomic mass is 16.2. The van der Waals surface area contributed by atoms with Crippen molar-refractivity contribution in [2.24, 2.45) is 5.10 Å². The predicted octanol–water partition coefficient (Wildman–Crippen LogP) is 3.73. The summed E-state index contributed by atoms with van der Waals surface area (Å²) in [6.45, 7) is 4.00. The van der Waals surface area contributed by atoms with Gasteiger partial charge >= 0.3 is 0 Å². The van der Waals surface area contributed by atoms with Gasteiger partial charge in [-0.2, -0.15) is 5.10 Å². The van der Waals surface area contributed by atoms with E-state index in [9.17, 15) is 4.79 Å². The second-order valence-corrected chi connectivity index (χ2v) is 4.79. The van der Waals surface area contributed by atoms with Crippen LogP contribution in [0.15, 0.2) is 59.7 Å². The first-order valence-corrected chi connectivity index (χ1v) is 6.79. The minimum Gasteiger partial charge on any atom is -0.267 e. The predicted molar refractivity (Wildman–Crippen MR) is 87.4 cm³/mol. The van der Waals surface area contributed by atoms with Crippen LogP contribution in [0.4, 0.5) is 0 Å². The molecule has 106 valence electrons. The molecule has 0 aromatic heterocycles. The Morgan fingerprint density at radius 3 is 2.52 bits per heavy atom. The standard InChI is InChI=1S/C18H18N2O/c1-14-10-11-17(13-15(14)2)18(21)20-19-12-6-9-16-7-4-3-5-8-16/h3-13H,1-2H3,(H,20,21)/b9-6+,19-12+. The maximum atomic E-state index is 11.9. The van der Waals surface area contributed by atoms with Gasteiger partial charge in [0.2, 0.25) is 0 Å². The Bertz CT molecular complexity index is 673. The molecule has 3 nitrogen and oxygen atoms in total. The fraction of sp³-hybridized carbons (Fsp3) is 0.111. The summed E-state index contributed by atoms with van der Waals surface area (Å²) in [6.07, 6.45) is 5.27. The summed E-state index contributed by atoms with van der Waals surface area (Å²) in [5, 5.41) is 3.90. The molecule has 0 saturated heterocycles. The summed E-state index contributed by atoms with van der Waals surface area (Å²) in [4.78, 5) is 11.9. The van der Waals surface area contributed by atoms with Crippen LogP contribution in [0.5, 0.6) is 0 Å². The Hall–Kier alpha value is -2.68. The molecule has 2 aromatic rings. The molecule has 0 unspecified atom stereocenters. The van der Waals surface area contributed by atoms with Crippen LogP contribution >= 0.6 is 0 Å². The van der Waals surface area contributed by atoms with E-state index in [1.807, 2.05) is 62.4 Å². The van der Waals surface area contributed by atoms with Crippen molar-refractivity contribution >= 4 is 18.2 Å². The van der Waals surface area contributed by atoms with Gasteiger partial charge in [0.15, 0.2) is 0 Å². The first kappa shape index (κ1) is 14.7. The van der Waals surface area contributed by atoms with E-state index >= 15 is 0 Å². The number of benzene rings is 2. The van der Waals surface area contributed by atoms with Gasteiger partial charge in [-0.3, -0.25) is 4.79 Å². The first-order valence-electron chi connectivity index (χ1n) is 6.79. The molecule has 0 aliphatic heterocycles. The van der Waals surface area contributed by atoms with Gasteiger partial charge in [0.1, 0.15) is 0 Å². The molecule has 3 heteroatoms. The van der Waals surface area contributed by atoms with Gasteiger partial charge in [-0.05, 0) is 48.7 Å². The van der Waals surface area contributed by atoms with Crippen LogP contribution in [0.1, 0.15) is 27.0 Å². The zero-order valence-corrected chi connectivity index (χ0v) is 12.2. The van der Waals surface area contributed by atoms with Crippen molar-refractivity contribution in [3.05, 3.63) is 76.9 Å². The molecule has 1 N–H and O–H groups in total. The average Bonchev–Trinajstić information content (AvgIpc) is 2.50. The molecule has 21 heavy (non-hydrogen) atoms. The van der Waals surface area contributed by atoms with Crippen molar-refractivity contribution < 1.29 is 4.79 Å². The third-order valence-electron chi connectivity index (χ3n) is 3.18. The fourth-order valence-corrected chi connectivity index (χ4v) is 1.80. The smallest absolute Gasteiger partial charge is 0.267 e. The highest BCUT2D eigenvalue weighted by Gasteiger charge is 2.04. The molecule has 0 aliphatic carbocycles. The Balaban J connectivity index is 1.90. The number of hydrogen-bond donors (Lipinski definition) is 1. The topological polar surface area (TPSA) is 41.5 Å². The quantitative estimate of drug-likeness (QED) is 0.672. The monoisotopic (exact) mass is 278 g/mol. The molecule has 0 fully saturated rings. The third kappa shape index (κ3) is 4.42. The minimum absolute atomic E-state index is 0.206. The molecular weight excluding hydrogens is 260 g/mol. The number of rotatable bonds is 4. The SMILES string of the molecule is Cc1ccc(C(=O)N/N=C/C=C/c2ccccc2)cc1C. The normalized spacial score (nSPS) is 11.1. The first-order chi connectivity index (χ1) is 10.2. The minimum atomic E-state index is -0.206. The molecular formula is C18H18N2O. The molecule has 2 aromatic carbocycles. The number of aryl methyl sites for hydroxylation is 2. The number of carbonyl (C=O) groups is 1. The van der Waals surface area contributed by atoms with Gasteiger partial charge in [-0.25, -0.2) is 5.43 Å². The van der Waals surface area contributed by atoms with E-state index in [0.717, 1.165) is 11.1 Å². The molecule has 0 heterocycles. The molecule has 0 atom stereocenters. The van der Waals surface area contributed by atoms with Crippen molar-refractivity contribution in [3.63, 3.8) is 0 Å². The second-order valence-electron chi connectivity index (χ2n) is 4.79. The number of amides is 1. The Morgan fingerprint density at radius 2 is 1.81 bits per heavy atom. The van der Waals surface area contributed by atoms with Crippen molar-refractivity contribution in [1.29, 1.82) is 0 Å². The van der Waals surface area contributed by atoms with Crippen LogP contribution in [0.3, 0.4) is 0 Å². The number of hydrazone groups is 1. The van der Waals surface area contributed by atoms with Crippen LogP contribution in [0.2, 0.25) is 0 Å². The van der Waals surface area contributed by atoms with Gasteiger partial charge in [0, 0.05) is 11.8 Å². The summed E-state index contributed by atoms with van der Waals surface area (Å²) in [5.74, 6) is -0.206. The van der Waals surface area contributed by atoms with E-state index in [1.165, 1.54) is 5.56 Å². The highest BCUT2D eigenvalue weighted by Crippen LogP contribution is 2.09. The van der Waals surface area contributed by atoms with Crippen LogP contribution in [-0.2, 0) is 0 Å². The zero-order chi connectivity index (χ0) is 15.1. The number of nitrogens with zero attached hydrogens (tertiary/aromatic N) is 1. The van der Waals surface area contributed by atoms with Gasteiger partial charge in [-0.1, -0.05) is 42.5 Å². The molecule has 2 rings (SSSR count). The molecule has 0 aliphatic rings. The maximum absolute atomic E-state index is 11.9. The number of hydrogen-bond acceptors (Lipinski definition) is 2. The van der Waals surface area contributed by atoms with Gasteiger partial charge < -0.3 is 0 Å². The van der Waals surface area contributed by atoms with Gasteiger partial charge in [0.05, 0.1) is 0 Å². The fourth-order valence-electron chi connectivity index (χ4n) is 1.80. The molecule has 0 bridgehead atoms. The lowest BCUT2D eigenvalue weighted by Crippen LogP contribution is -2.17. The van der Waals surface area contributed by atoms with Crippen LogP contribution in [0.25, 0.3) is 6.08 Å². The lowest BCUT2D eigenvalue weighted by Gasteiger charge is -2.03. The van der Waals surface area contributed by atoms with E-state index in [0.29, 0.717) is 5.56 Å². The molecule has 0 saturated carbocycles. The lowest BCUT2D eigenvalue weighted by atomic mass is 10.1. The van der Waals surface area contributed by atoms with Crippen molar-refractivity contribution in [2.75, 3.05) is 0 Å². The Kier molecular flexibility index (Phi) is 5.04. The van der Waals surface area contributed by atoms with Gasteiger partial charge in [-0.15, -0.1) is 0 Å². The Morgan fingerprint density at radius 1 is 1.05 bits per heavy atom. The molecule has 1 amide bonds. The molecule has 0 radical (unpaired) electrons. The van der Waals surface area contributed by atoms with E-state index in [4.69, 9.17) is 0 Å². The van der Waals surface area contributed by atoms with Crippen molar-refractivity contribution in [3.8, 4) is 0 Å². The van der Waals surface area contributed by atoms with E-state index in [2.05, 4.69) is 10.5 Å². The Labute approximate surface area is 125 Å². The lowest BCUT2D eigenvalue weighted by molar-refractivity contribution is 0.0955. The van der Waals surface area contributed by atoms with Crippen LogP contribution in [-0.4, -0.2) is 12.1 Å². The maximum Gasteiger partial charge on any atom is 0.271 e. The average molecular weight is 278 g/mol. The summed E-state index contributed by atoms with van der Waals surface area (Å²) in [7, 11) is 0. The van der Waals surface area contributed by atoms with Crippen molar-refractivity contribution in [1.82, 2.24) is 5.43 Å². The number of carbonyl (C=O) groups excluding carboxylic acids is 1. The van der Waals surface area contributed by atoms with E-state index < -0.39 is 0 Å².